The van der Waals surface area contributed by atoms with Crippen LogP contribution in [-0.4, -0.2) is 36.3 Å². The van der Waals surface area contributed by atoms with E-state index in [1.54, 1.807) is 11.8 Å². The third-order valence-corrected chi connectivity index (χ3v) is 5.98. The van der Waals surface area contributed by atoms with Gasteiger partial charge in [0.1, 0.15) is 5.52 Å². The Morgan fingerprint density at radius 2 is 2.07 bits per heavy atom. The Balaban J connectivity index is 1.30. The van der Waals surface area contributed by atoms with E-state index >= 15 is 0 Å². The number of rotatable bonds is 7. The molecular formula is C22H25N3O2S. The molecule has 0 saturated carbocycles. The van der Waals surface area contributed by atoms with E-state index in [1.165, 1.54) is 10.5 Å². The summed E-state index contributed by atoms with van der Waals surface area (Å²) < 4.78 is 5.91. The molecule has 1 fully saturated rings. The normalized spacial score (nSPS) is 16.6. The predicted octanol–water partition coefficient (Wildman–Crippen LogP) is 4.27. The lowest BCUT2D eigenvalue weighted by Gasteiger charge is -2.23. The van der Waals surface area contributed by atoms with Gasteiger partial charge in [-0.2, -0.15) is 4.98 Å². The number of hydrogen-bond donors (Lipinski definition) is 1. The number of thioether (sulfide) groups is 1. The molecule has 6 heteroatoms. The molecule has 0 radical (unpaired) electrons. The zero-order valence-corrected chi connectivity index (χ0v) is 16.9. The third kappa shape index (κ3) is 4.33. The molecule has 1 aromatic heterocycles. The van der Waals surface area contributed by atoms with Gasteiger partial charge in [0.2, 0.25) is 5.91 Å². The average Bonchev–Trinajstić information content (AvgIpc) is 3.37. The highest BCUT2D eigenvalue weighted by Gasteiger charge is 2.28. The summed E-state index contributed by atoms with van der Waals surface area (Å²) in [6.07, 6.45) is 5.46. The molecule has 1 atom stereocenters. The number of carbonyl (C=O) groups excluding carboxylic acids is 1. The molecule has 0 spiro atoms. The molecule has 0 bridgehead atoms. The average molecular weight is 396 g/mol. The first-order valence-electron chi connectivity index (χ1n) is 9.75. The molecule has 3 aromatic rings. The van der Waals surface area contributed by atoms with Gasteiger partial charge in [-0.15, -0.1) is 11.8 Å². The van der Waals surface area contributed by atoms with E-state index in [0.29, 0.717) is 19.0 Å². The second-order valence-electron chi connectivity index (χ2n) is 7.11. The molecule has 4 rings (SSSR count). The number of aromatic nitrogens is 1. The van der Waals surface area contributed by atoms with E-state index in [1.807, 2.05) is 24.3 Å². The number of benzene rings is 2. The lowest BCUT2D eigenvalue weighted by atomic mass is 10.1. The van der Waals surface area contributed by atoms with Gasteiger partial charge in [-0.25, -0.2) is 0 Å². The van der Waals surface area contributed by atoms with Crippen LogP contribution in [0.15, 0.2) is 57.8 Å². The van der Waals surface area contributed by atoms with Crippen molar-refractivity contribution in [3.05, 3.63) is 54.1 Å². The van der Waals surface area contributed by atoms with Crippen LogP contribution >= 0.6 is 11.8 Å². The molecule has 1 saturated heterocycles. The van der Waals surface area contributed by atoms with Gasteiger partial charge in [-0.05, 0) is 55.3 Å². The Hall–Kier alpha value is -2.47. The molecule has 0 aliphatic carbocycles. The van der Waals surface area contributed by atoms with Crippen LogP contribution < -0.4 is 10.2 Å². The molecule has 146 valence electrons. The quantitative estimate of drug-likeness (QED) is 0.606. The Bertz CT molecular complexity index is 905. The van der Waals surface area contributed by atoms with E-state index in [4.69, 9.17) is 4.42 Å². The molecule has 5 nitrogen and oxygen atoms in total. The van der Waals surface area contributed by atoms with Gasteiger partial charge in [0.25, 0.3) is 6.01 Å². The number of nitrogens with zero attached hydrogens (tertiary/aromatic N) is 2. The maximum absolute atomic E-state index is 12.3. The van der Waals surface area contributed by atoms with Crippen LogP contribution in [0.5, 0.6) is 0 Å². The summed E-state index contributed by atoms with van der Waals surface area (Å²) in [5, 5.41) is 3.10. The minimum atomic E-state index is 0.0957. The lowest BCUT2D eigenvalue weighted by Crippen LogP contribution is -2.40. The van der Waals surface area contributed by atoms with E-state index in [-0.39, 0.29) is 11.9 Å². The van der Waals surface area contributed by atoms with E-state index in [0.717, 1.165) is 36.9 Å². The third-order valence-electron chi connectivity index (χ3n) is 5.24. The van der Waals surface area contributed by atoms with Crippen molar-refractivity contribution in [3.63, 3.8) is 0 Å². The molecule has 1 aliphatic heterocycles. The van der Waals surface area contributed by atoms with Gasteiger partial charge in [-0.3, -0.25) is 4.79 Å². The van der Waals surface area contributed by atoms with Crippen molar-refractivity contribution < 1.29 is 9.21 Å². The first-order valence-corrected chi connectivity index (χ1v) is 11.0. The van der Waals surface area contributed by atoms with Crippen molar-refractivity contribution in [2.45, 2.75) is 36.6 Å². The van der Waals surface area contributed by atoms with Crippen LogP contribution in [0.1, 0.15) is 24.8 Å². The number of anilines is 1. The van der Waals surface area contributed by atoms with E-state index in [9.17, 15) is 4.79 Å². The first kappa shape index (κ1) is 18.9. The standard InChI is InChI=1S/C22H25N3O2S/c1-28-18-11-8-16(9-12-18)10-13-21(26)23-15-17-5-4-14-25(17)22-24-19-6-2-3-7-20(19)27-22/h2-3,6-9,11-12,17H,4-5,10,13-15H2,1H3,(H,23,26)/t17-/m1/s1. The van der Waals surface area contributed by atoms with Crippen molar-refractivity contribution in [1.82, 2.24) is 10.3 Å². The maximum atomic E-state index is 12.3. The van der Waals surface area contributed by atoms with Crippen LogP contribution in [0.25, 0.3) is 11.1 Å². The summed E-state index contributed by atoms with van der Waals surface area (Å²) in [4.78, 5) is 20.3. The monoisotopic (exact) mass is 395 g/mol. The topological polar surface area (TPSA) is 58.4 Å². The zero-order valence-electron chi connectivity index (χ0n) is 16.1. The van der Waals surface area contributed by atoms with E-state index < -0.39 is 0 Å². The first-order chi connectivity index (χ1) is 13.7. The number of oxazole rings is 1. The van der Waals surface area contributed by atoms with Crippen LogP contribution in [-0.2, 0) is 11.2 Å². The molecule has 28 heavy (non-hydrogen) atoms. The minimum Gasteiger partial charge on any atom is -0.423 e. The molecule has 1 aliphatic rings. The van der Waals surface area contributed by atoms with E-state index in [2.05, 4.69) is 45.7 Å². The highest BCUT2D eigenvalue weighted by molar-refractivity contribution is 7.98. The second kappa shape index (κ2) is 8.69. The Labute approximate surface area is 169 Å². The fourth-order valence-electron chi connectivity index (χ4n) is 3.65. The predicted molar refractivity (Wildman–Crippen MR) is 114 cm³/mol. The van der Waals surface area contributed by atoms with Crippen molar-refractivity contribution >= 4 is 34.8 Å². The summed E-state index contributed by atoms with van der Waals surface area (Å²) in [7, 11) is 0. The molecule has 2 heterocycles. The molecule has 1 amide bonds. The van der Waals surface area contributed by atoms with Crippen LogP contribution in [0.4, 0.5) is 6.01 Å². The second-order valence-corrected chi connectivity index (χ2v) is 7.99. The van der Waals surface area contributed by atoms with Crippen molar-refractivity contribution in [2.24, 2.45) is 0 Å². The van der Waals surface area contributed by atoms with Crippen LogP contribution in [0.2, 0.25) is 0 Å². The van der Waals surface area contributed by atoms with Gasteiger partial charge in [-0.1, -0.05) is 24.3 Å². The van der Waals surface area contributed by atoms with Crippen LogP contribution in [0.3, 0.4) is 0 Å². The SMILES string of the molecule is CSc1ccc(CCC(=O)NC[C@H]2CCCN2c2nc3ccccc3o2)cc1. The number of para-hydroxylation sites is 2. The summed E-state index contributed by atoms with van der Waals surface area (Å²) in [5.41, 5.74) is 2.88. The number of hydrogen-bond acceptors (Lipinski definition) is 5. The number of carbonyl (C=O) groups is 1. The van der Waals surface area contributed by atoms with Crippen molar-refractivity contribution in [2.75, 3.05) is 24.2 Å². The number of aryl methyl sites for hydroxylation is 1. The Morgan fingerprint density at radius 1 is 1.25 bits per heavy atom. The lowest BCUT2D eigenvalue weighted by molar-refractivity contribution is -0.121. The van der Waals surface area contributed by atoms with Gasteiger partial charge in [0.05, 0.1) is 6.04 Å². The number of fused-ring (bicyclic) bond motifs is 1. The van der Waals surface area contributed by atoms with Crippen molar-refractivity contribution in [1.29, 1.82) is 0 Å². The molecule has 2 aromatic carbocycles. The molecular weight excluding hydrogens is 370 g/mol. The summed E-state index contributed by atoms with van der Waals surface area (Å²) >= 11 is 1.73. The fraction of sp³-hybridized carbons (Fsp3) is 0.364. The molecule has 1 N–H and O–H groups in total. The Morgan fingerprint density at radius 3 is 2.86 bits per heavy atom. The summed E-state index contributed by atoms with van der Waals surface area (Å²) in [6, 6.07) is 17.1. The van der Waals surface area contributed by atoms with Gasteiger partial charge >= 0.3 is 0 Å². The van der Waals surface area contributed by atoms with Gasteiger partial charge in [0, 0.05) is 24.4 Å². The smallest absolute Gasteiger partial charge is 0.298 e. The highest BCUT2D eigenvalue weighted by Crippen LogP contribution is 2.28. The van der Waals surface area contributed by atoms with Gasteiger partial charge in [0.15, 0.2) is 5.58 Å². The highest BCUT2D eigenvalue weighted by atomic mass is 32.2. The summed E-state index contributed by atoms with van der Waals surface area (Å²) in [5.74, 6) is 0.0957. The number of amides is 1. The summed E-state index contributed by atoms with van der Waals surface area (Å²) in [6.45, 7) is 1.54. The minimum absolute atomic E-state index is 0.0957. The fourth-order valence-corrected chi connectivity index (χ4v) is 4.06. The molecule has 0 unspecified atom stereocenters. The Kier molecular flexibility index (Phi) is 5.86. The zero-order chi connectivity index (χ0) is 19.3. The largest absolute Gasteiger partial charge is 0.423 e. The van der Waals surface area contributed by atoms with Gasteiger partial charge < -0.3 is 14.6 Å². The van der Waals surface area contributed by atoms with Crippen molar-refractivity contribution in [3.8, 4) is 0 Å². The number of nitrogens with one attached hydrogen (secondary N) is 1. The van der Waals surface area contributed by atoms with Crippen LogP contribution in [0, 0.1) is 0 Å². The maximum Gasteiger partial charge on any atom is 0.298 e.